The Labute approximate surface area is 108 Å². The van der Waals surface area contributed by atoms with E-state index in [1.807, 2.05) is 0 Å². The summed E-state index contributed by atoms with van der Waals surface area (Å²) in [5.41, 5.74) is 1.83. The molecule has 1 N–H and O–H groups in total. The molecule has 2 aliphatic heterocycles. The second kappa shape index (κ2) is 4.33. The van der Waals surface area contributed by atoms with Gasteiger partial charge in [-0.1, -0.05) is 36.2 Å². The molecule has 0 saturated carbocycles. The first-order chi connectivity index (χ1) is 8.16. The third-order valence-corrected chi connectivity index (χ3v) is 5.73. The first kappa shape index (κ1) is 11.6. The van der Waals surface area contributed by atoms with Crippen molar-refractivity contribution in [2.24, 2.45) is 0 Å². The highest BCUT2D eigenvalue weighted by atomic mass is 32.2. The van der Waals surface area contributed by atoms with Crippen LogP contribution in [0.1, 0.15) is 43.2 Å². The van der Waals surface area contributed by atoms with E-state index < -0.39 is 5.60 Å². The molecular formula is C15H20OS. The number of hydrogen-bond donors (Lipinski definition) is 1. The van der Waals surface area contributed by atoms with Crippen molar-refractivity contribution in [3.8, 4) is 0 Å². The molecule has 17 heavy (non-hydrogen) atoms. The molecule has 0 radical (unpaired) electrons. The zero-order valence-electron chi connectivity index (χ0n) is 10.4. The van der Waals surface area contributed by atoms with Crippen LogP contribution in [0.25, 0.3) is 0 Å². The topological polar surface area (TPSA) is 20.2 Å². The Bertz CT molecular complexity index is 386. The van der Waals surface area contributed by atoms with Crippen molar-refractivity contribution in [2.45, 2.75) is 55.1 Å². The Kier molecular flexibility index (Phi) is 2.95. The zero-order valence-corrected chi connectivity index (χ0v) is 11.2. The maximum Gasteiger partial charge on any atom is 0.0917 e. The van der Waals surface area contributed by atoms with Crippen LogP contribution in [0.3, 0.4) is 0 Å². The number of hydrogen-bond acceptors (Lipinski definition) is 2. The van der Waals surface area contributed by atoms with Gasteiger partial charge >= 0.3 is 0 Å². The van der Waals surface area contributed by atoms with Gasteiger partial charge in [-0.05, 0) is 38.2 Å². The Morgan fingerprint density at radius 2 is 1.71 bits per heavy atom. The van der Waals surface area contributed by atoms with Gasteiger partial charge in [-0.2, -0.15) is 11.8 Å². The van der Waals surface area contributed by atoms with Crippen molar-refractivity contribution in [1.82, 2.24) is 0 Å². The summed E-state index contributed by atoms with van der Waals surface area (Å²) in [6.45, 7) is 2.10. The molecule has 0 aromatic heterocycles. The lowest BCUT2D eigenvalue weighted by molar-refractivity contribution is 0.00812. The molecule has 92 valence electrons. The van der Waals surface area contributed by atoms with Gasteiger partial charge in [-0.25, -0.2) is 0 Å². The Morgan fingerprint density at radius 3 is 2.29 bits per heavy atom. The molecule has 2 unspecified atom stereocenters. The van der Waals surface area contributed by atoms with E-state index in [1.54, 1.807) is 0 Å². The average Bonchev–Trinajstić information content (AvgIpc) is 2.29. The van der Waals surface area contributed by atoms with E-state index in [0.29, 0.717) is 10.5 Å². The first-order valence-corrected chi connectivity index (χ1v) is 7.55. The minimum absolute atomic E-state index is 0.561. The molecule has 1 aromatic rings. The monoisotopic (exact) mass is 248 g/mol. The summed E-state index contributed by atoms with van der Waals surface area (Å²) in [7, 11) is 0. The molecule has 2 heterocycles. The van der Waals surface area contributed by atoms with Crippen LogP contribution in [0.2, 0.25) is 0 Å². The van der Waals surface area contributed by atoms with Crippen LogP contribution >= 0.6 is 11.8 Å². The summed E-state index contributed by atoms with van der Waals surface area (Å²) in [6.07, 6.45) is 5.81. The van der Waals surface area contributed by atoms with Crippen LogP contribution in [0.15, 0.2) is 24.3 Å². The second-order valence-corrected chi connectivity index (χ2v) is 7.22. The van der Waals surface area contributed by atoms with E-state index in [9.17, 15) is 5.11 Å². The van der Waals surface area contributed by atoms with Crippen molar-refractivity contribution in [3.05, 3.63) is 35.4 Å². The van der Waals surface area contributed by atoms with Crippen molar-refractivity contribution in [1.29, 1.82) is 0 Å². The lowest BCUT2D eigenvalue weighted by Gasteiger charge is -2.44. The molecule has 2 aliphatic rings. The standard InChI is InChI=1S/C15H20OS/c1-11-5-7-12(8-6-11)15(16)9-13-3-2-4-14(10-15)17-13/h5-8,13-14,16H,2-4,9-10H2,1H3. The van der Waals surface area contributed by atoms with Gasteiger partial charge in [-0.15, -0.1) is 0 Å². The highest BCUT2D eigenvalue weighted by Crippen LogP contribution is 2.49. The van der Waals surface area contributed by atoms with Gasteiger partial charge < -0.3 is 5.11 Å². The molecule has 2 fully saturated rings. The van der Waals surface area contributed by atoms with Gasteiger partial charge in [0.2, 0.25) is 0 Å². The Morgan fingerprint density at radius 1 is 1.12 bits per heavy atom. The quantitative estimate of drug-likeness (QED) is 0.819. The fourth-order valence-electron chi connectivity index (χ4n) is 3.22. The van der Waals surface area contributed by atoms with Crippen molar-refractivity contribution in [2.75, 3.05) is 0 Å². The fourth-order valence-corrected chi connectivity index (χ4v) is 5.11. The van der Waals surface area contributed by atoms with Crippen molar-refractivity contribution in [3.63, 3.8) is 0 Å². The molecule has 2 atom stereocenters. The van der Waals surface area contributed by atoms with Gasteiger partial charge in [0.25, 0.3) is 0 Å². The summed E-state index contributed by atoms with van der Waals surface area (Å²) in [6, 6.07) is 8.46. The summed E-state index contributed by atoms with van der Waals surface area (Å²) < 4.78 is 0. The first-order valence-electron chi connectivity index (χ1n) is 6.61. The third-order valence-electron chi connectivity index (χ3n) is 4.16. The van der Waals surface area contributed by atoms with E-state index in [0.717, 1.165) is 18.4 Å². The van der Waals surface area contributed by atoms with E-state index in [-0.39, 0.29) is 0 Å². The minimum Gasteiger partial charge on any atom is -0.385 e. The lowest BCUT2D eigenvalue weighted by atomic mass is 9.80. The molecule has 2 heteroatoms. The molecular weight excluding hydrogens is 228 g/mol. The molecule has 2 bridgehead atoms. The number of rotatable bonds is 1. The van der Waals surface area contributed by atoms with Crippen molar-refractivity contribution >= 4 is 11.8 Å². The predicted octanol–water partition coefficient (Wildman–Crippen LogP) is 3.63. The summed E-state index contributed by atoms with van der Waals surface area (Å²) in [4.78, 5) is 0. The predicted molar refractivity (Wildman–Crippen MR) is 73.3 cm³/mol. The summed E-state index contributed by atoms with van der Waals surface area (Å²) in [5.74, 6) is 0. The summed E-state index contributed by atoms with van der Waals surface area (Å²) >= 11 is 2.11. The molecule has 1 aromatic carbocycles. The molecule has 2 saturated heterocycles. The smallest absolute Gasteiger partial charge is 0.0917 e. The lowest BCUT2D eigenvalue weighted by Crippen LogP contribution is -2.40. The van der Waals surface area contributed by atoms with E-state index in [4.69, 9.17) is 0 Å². The SMILES string of the molecule is Cc1ccc(C2(O)CC3CCCC(C2)S3)cc1. The highest BCUT2D eigenvalue weighted by molar-refractivity contribution is 8.00. The van der Waals surface area contributed by atoms with E-state index >= 15 is 0 Å². The van der Waals surface area contributed by atoms with Gasteiger partial charge in [0.1, 0.15) is 0 Å². The minimum atomic E-state index is -0.561. The largest absolute Gasteiger partial charge is 0.385 e. The van der Waals surface area contributed by atoms with E-state index in [2.05, 4.69) is 43.0 Å². The maximum absolute atomic E-state index is 10.9. The van der Waals surface area contributed by atoms with E-state index in [1.165, 1.54) is 24.8 Å². The van der Waals surface area contributed by atoms with Crippen LogP contribution in [0, 0.1) is 6.92 Å². The van der Waals surface area contributed by atoms with Crippen LogP contribution < -0.4 is 0 Å². The van der Waals surface area contributed by atoms with Gasteiger partial charge in [0.15, 0.2) is 0 Å². The number of benzene rings is 1. The van der Waals surface area contributed by atoms with Crippen LogP contribution in [0.5, 0.6) is 0 Å². The molecule has 0 aliphatic carbocycles. The summed E-state index contributed by atoms with van der Waals surface area (Å²) in [5, 5.41) is 12.3. The normalized spacial score (nSPS) is 36.8. The Balaban J connectivity index is 1.87. The van der Waals surface area contributed by atoms with Gasteiger partial charge in [0.05, 0.1) is 5.60 Å². The van der Waals surface area contributed by atoms with Crippen molar-refractivity contribution < 1.29 is 5.11 Å². The van der Waals surface area contributed by atoms with Gasteiger partial charge in [0, 0.05) is 10.5 Å². The van der Waals surface area contributed by atoms with Crippen LogP contribution in [-0.2, 0) is 5.60 Å². The molecule has 0 spiro atoms. The molecule has 3 rings (SSSR count). The fraction of sp³-hybridized carbons (Fsp3) is 0.600. The number of fused-ring (bicyclic) bond motifs is 2. The van der Waals surface area contributed by atoms with Crippen LogP contribution in [0.4, 0.5) is 0 Å². The third kappa shape index (κ3) is 2.25. The zero-order chi connectivity index (χ0) is 11.9. The highest BCUT2D eigenvalue weighted by Gasteiger charge is 2.42. The number of thioether (sulfide) groups is 1. The van der Waals surface area contributed by atoms with Gasteiger partial charge in [-0.3, -0.25) is 0 Å². The maximum atomic E-state index is 10.9. The Hall–Kier alpha value is -0.470. The molecule has 0 amide bonds. The molecule has 1 nitrogen and oxygen atoms in total. The number of aryl methyl sites for hydroxylation is 1. The number of aliphatic hydroxyl groups is 1. The second-order valence-electron chi connectivity index (χ2n) is 5.62. The average molecular weight is 248 g/mol. The van der Waals surface area contributed by atoms with Crippen LogP contribution in [-0.4, -0.2) is 15.6 Å².